The molecule has 3 atom stereocenters. The second-order valence-electron chi connectivity index (χ2n) is 7.39. The number of alkyl halides is 1. The molecule has 156 valence electrons. The highest BCUT2D eigenvalue weighted by atomic mass is 19.1. The molecule has 2 aliphatic rings. The fraction of sp³-hybridized carbons (Fsp3) is 0.684. The fourth-order valence-electron chi connectivity index (χ4n) is 3.18. The molecule has 2 heterocycles. The number of anilines is 1. The second-order valence-corrected chi connectivity index (χ2v) is 7.39. The van der Waals surface area contributed by atoms with Crippen molar-refractivity contribution in [2.24, 2.45) is 11.8 Å². The number of aliphatic hydroxyl groups excluding tert-OH is 1. The van der Waals surface area contributed by atoms with Crippen molar-refractivity contribution < 1.29 is 28.5 Å². The average Bonchev–Trinajstić information content (AvgIpc) is 3.43. The van der Waals surface area contributed by atoms with Crippen molar-refractivity contribution in [1.82, 2.24) is 10.3 Å². The van der Waals surface area contributed by atoms with Gasteiger partial charge < -0.3 is 29.5 Å². The van der Waals surface area contributed by atoms with Crippen LogP contribution in [0.4, 0.5) is 10.1 Å². The molecule has 0 spiro atoms. The van der Waals surface area contributed by atoms with Gasteiger partial charge in [0, 0.05) is 32.8 Å². The van der Waals surface area contributed by atoms with Crippen molar-refractivity contribution in [2.75, 3.05) is 51.8 Å². The third-order valence-electron chi connectivity index (χ3n) is 5.16. The van der Waals surface area contributed by atoms with Crippen LogP contribution in [0.1, 0.15) is 23.8 Å². The number of aliphatic hydroxyl groups is 1. The van der Waals surface area contributed by atoms with E-state index in [-0.39, 0.29) is 42.9 Å². The lowest BCUT2D eigenvalue weighted by atomic mass is 10.1. The number of halogens is 1. The van der Waals surface area contributed by atoms with Crippen molar-refractivity contribution in [3.05, 3.63) is 17.8 Å². The molecule has 1 amide bonds. The number of carbonyl (C=O) groups excluding carboxylic acids is 1. The zero-order chi connectivity index (χ0) is 20.1. The van der Waals surface area contributed by atoms with Crippen molar-refractivity contribution in [1.29, 1.82) is 0 Å². The lowest BCUT2D eigenvalue weighted by molar-refractivity contribution is 0.0444. The van der Waals surface area contributed by atoms with E-state index in [4.69, 9.17) is 9.47 Å². The third-order valence-corrected chi connectivity index (χ3v) is 5.16. The molecule has 0 aromatic carbocycles. The quantitative estimate of drug-likeness (QED) is 0.575. The van der Waals surface area contributed by atoms with Crippen LogP contribution >= 0.6 is 0 Å². The van der Waals surface area contributed by atoms with E-state index in [0.717, 1.165) is 25.2 Å². The number of pyridine rings is 1. The minimum absolute atomic E-state index is 0.0834. The molecule has 1 aromatic heterocycles. The Balaban J connectivity index is 1.67. The molecule has 1 aromatic rings. The number of methoxy groups -OCH3 is 1. The number of rotatable bonds is 11. The maximum absolute atomic E-state index is 12.4. The molecule has 1 unspecified atom stereocenters. The zero-order valence-corrected chi connectivity index (χ0v) is 16.3. The van der Waals surface area contributed by atoms with Gasteiger partial charge in [0.15, 0.2) is 6.86 Å². The monoisotopic (exact) mass is 397 g/mol. The smallest absolute Gasteiger partial charge is 0.270 e. The van der Waals surface area contributed by atoms with Crippen LogP contribution in [-0.4, -0.2) is 75.0 Å². The Hall–Kier alpha value is -1.97. The lowest BCUT2D eigenvalue weighted by Gasteiger charge is -2.40. The van der Waals surface area contributed by atoms with Gasteiger partial charge in [-0.2, -0.15) is 0 Å². The molecule has 2 N–H and O–H groups in total. The molecule has 0 radical (unpaired) electrons. The van der Waals surface area contributed by atoms with Gasteiger partial charge >= 0.3 is 0 Å². The van der Waals surface area contributed by atoms with Crippen LogP contribution in [-0.2, 0) is 9.47 Å². The molecule has 9 heteroatoms. The Morgan fingerprint density at radius 1 is 1.43 bits per heavy atom. The van der Waals surface area contributed by atoms with E-state index in [1.165, 1.54) is 0 Å². The molecule has 1 saturated carbocycles. The maximum atomic E-state index is 12.4. The van der Waals surface area contributed by atoms with E-state index in [9.17, 15) is 14.3 Å². The molecule has 1 saturated heterocycles. The summed E-state index contributed by atoms with van der Waals surface area (Å²) in [5.41, 5.74) is 1.05. The summed E-state index contributed by atoms with van der Waals surface area (Å²) >= 11 is 0. The van der Waals surface area contributed by atoms with Gasteiger partial charge in [-0.3, -0.25) is 4.79 Å². The van der Waals surface area contributed by atoms with Gasteiger partial charge in [-0.25, -0.2) is 9.37 Å². The van der Waals surface area contributed by atoms with Gasteiger partial charge in [-0.05, 0) is 37.3 Å². The number of ether oxygens (including phenoxy) is 3. The Morgan fingerprint density at radius 3 is 2.86 bits per heavy atom. The van der Waals surface area contributed by atoms with E-state index in [2.05, 4.69) is 19.9 Å². The zero-order valence-electron chi connectivity index (χ0n) is 16.3. The normalized spacial score (nSPS) is 22.5. The first kappa shape index (κ1) is 20.8. The van der Waals surface area contributed by atoms with Gasteiger partial charge in [-0.15, -0.1) is 0 Å². The van der Waals surface area contributed by atoms with Gasteiger partial charge in [0.2, 0.25) is 5.88 Å². The highest BCUT2D eigenvalue weighted by Gasteiger charge is 2.37. The topological polar surface area (TPSA) is 93.2 Å². The van der Waals surface area contributed by atoms with E-state index in [1.54, 1.807) is 20.1 Å². The number of nitrogens with zero attached hydrogens (tertiary/aromatic N) is 2. The first-order chi connectivity index (χ1) is 13.5. The van der Waals surface area contributed by atoms with E-state index >= 15 is 0 Å². The van der Waals surface area contributed by atoms with Crippen LogP contribution < -0.4 is 15.0 Å². The summed E-state index contributed by atoms with van der Waals surface area (Å²) in [6.07, 6.45) is 1.11. The van der Waals surface area contributed by atoms with Gasteiger partial charge in [0.25, 0.3) is 5.91 Å². The lowest BCUT2D eigenvalue weighted by Crippen LogP contribution is -2.52. The van der Waals surface area contributed by atoms with Crippen LogP contribution in [0.25, 0.3) is 0 Å². The molecule has 28 heavy (non-hydrogen) atoms. The highest BCUT2D eigenvalue weighted by molar-refractivity contribution is 5.93. The first-order valence-corrected chi connectivity index (χ1v) is 9.52. The Morgan fingerprint density at radius 2 is 2.21 bits per heavy atom. The van der Waals surface area contributed by atoms with Crippen LogP contribution in [0, 0.1) is 11.8 Å². The van der Waals surface area contributed by atoms with Gasteiger partial charge in [-0.1, -0.05) is 0 Å². The molecular weight excluding hydrogens is 369 g/mol. The molecule has 1 aliphatic heterocycles. The number of nitrogens with one attached hydrogen (secondary N) is 1. The van der Waals surface area contributed by atoms with Gasteiger partial charge in [0.1, 0.15) is 11.4 Å². The number of amides is 1. The maximum Gasteiger partial charge on any atom is 0.270 e. The highest BCUT2D eigenvalue weighted by Crippen LogP contribution is 2.39. The molecule has 1 aliphatic carbocycles. The first-order valence-electron chi connectivity index (χ1n) is 9.52. The summed E-state index contributed by atoms with van der Waals surface area (Å²) in [6.45, 7) is 3.02. The minimum atomic E-state index is -0.889. The van der Waals surface area contributed by atoms with Crippen molar-refractivity contribution >= 4 is 11.6 Å². The summed E-state index contributed by atoms with van der Waals surface area (Å²) in [5.74, 6) is 0.633. The Bertz CT molecular complexity index is 671. The summed E-state index contributed by atoms with van der Waals surface area (Å²) < 4.78 is 28.0. The Labute approximate surface area is 164 Å². The molecule has 3 rings (SSSR count). The predicted octanol–water partition coefficient (Wildman–Crippen LogP) is 0.986. The number of hydrogen-bond acceptors (Lipinski definition) is 7. The summed E-state index contributed by atoms with van der Waals surface area (Å²) in [6, 6.07) is 3.12. The predicted molar refractivity (Wildman–Crippen MR) is 100 cm³/mol. The van der Waals surface area contributed by atoms with Gasteiger partial charge in [0.05, 0.1) is 19.3 Å². The largest absolute Gasteiger partial charge is 0.476 e. The van der Waals surface area contributed by atoms with E-state index in [0.29, 0.717) is 18.4 Å². The van der Waals surface area contributed by atoms with E-state index < -0.39 is 6.86 Å². The Kier molecular flexibility index (Phi) is 7.03. The van der Waals surface area contributed by atoms with Crippen molar-refractivity contribution in [3.63, 3.8) is 0 Å². The van der Waals surface area contributed by atoms with Crippen LogP contribution in [0.15, 0.2) is 12.1 Å². The fourth-order valence-corrected chi connectivity index (χ4v) is 3.18. The van der Waals surface area contributed by atoms with E-state index in [1.807, 2.05) is 6.07 Å². The minimum Gasteiger partial charge on any atom is -0.476 e. The summed E-state index contributed by atoms with van der Waals surface area (Å²) in [4.78, 5) is 18.9. The molecular formula is C19H28FN3O5. The SMILES string of the molecule is COC1CN(c2ccc(C(=O)NC(C)COCF)nc2OC[C@@H]2C[C@@H]2CO)C1. The number of hydrogen-bond donors (Lipinski definition) is 2. The molecule has 8 nitrogen and oxygen atoms in total. The van der Waals surface area contributed by atoms with Crippen LogP contribution in [0.5, 0.6) is 5.88 Å². The number of carbonyl (C=O) groups is 1. The molecule has 2 fully saturated rings. The van der Waals surface area contributed by atoms with Crippen molar-refractivity contribution in [2.45, 2.75) is 25.5 Å². The second kappa shape index (κ2) is 9.49. The number of aromatic nitrogens is 1. The van der Waals surface area contributed by atoms with Crippen molar-refractivity contribution in [3.8, 4) is 5.88 Å². The third kappa shape index (κ3) is 5.09. The van der Waals surface area contributed by atoms with Crippen LogP contribution in [0.2, 0.25) is 0 Å². The summed E-state index contributed by atoms with van der Waals surface area (Å²) in [5, 5.41) is 11.9. The molecule has 0 bridgehead atoms. The van der Waals surface area contributed by atoms with Crippen LogP contribution in [0.3, 0.4) is 0 Å². The average molecular weight is 397 g/mol. The standard InChI is InChI=1S/C19H28FN3O5/c1-12(9-27-11-20)21-18(25)16-3-4-17(23-6-15(7-23)26-2)19(22-16)28-10-14-5-13(14)8-24/h3-4,12-15,24H,5-11H2,1-2H3,(H,21,25)/t12?,13-,14+/m1/s1. The summed E-state index contributed by atoms with van der Waals surface area (Å²) in [7, 11) is 1.68.